The van der Waals surface area contributed by atoms with Gasteiger partial charge in [-0.2, -0.15) is 0 Å². The van der Waals surface area contributed by atoms with Crippen molar-refractivity contribution < 1.29 is 9.53 Å². The van der Waals surface area contributed by atoms with Crippen molar-refractivity contribution in [3.63, 3.8) is 0 Å². The van der Waals surface area contributed by atoms with Crippen molar-refractivity contribution >= 4 is 22.5 Å². The Labute approximate surface area is 169 Å². The maximum atomic E-state index is 12.9. The fraction of sp³-hybridized carbons (Fsp3) is 0.125. The molecule has 5 heteroatoms. The van der Waals surface area contributed by atoms with Crippen LogP contribution < -0.4 is 9.64 Å². The number of likely N-dealkylation sites (N-methyl/N-ethyl adjacent to an activating group) is 1. The molecule has 144 valence electrons. The van der Waals surface area contributed by atoms with Gasteiger partial charge < -0.3 is 9.64 Å². The van der Waals surface area contributed by atoms with E-state index in [1.54, 1.807) is 25.1 Å². The lowest BCUT2D eigenvalue weighted by Crippen LogP contribution is -2.38. The number of amides is 1. The molecular formula is C24H21N3O2. The molecule has 5 nitrogen and oxygen atoms in total. The third kappa shape index (κ3) is 3.94. The maximum absolute atomic E-state index is 12.9. The molecule has 0 saturated carbocycles. The van der Waals surface area contributed by atoms with E-state index >= 15 is 0 Å². The van der Waals surface area contributed by atoms with E-state index in [4.69, 9.17) is 9.72 Å². The second kappa shape index (κ2) is 8.10. The van der Waals surface area contributed by atoms with Crippen LogP contribution in [0, 0.1) is 0 Å². The van der Waals surface area contributed by atoms with Crippen LogP contribution in [0.1, 0.15) is 6.92 Å². The number of carbonyl (C=O) groups excluding carboxylic acids is 1. The molecule has 0 aliphatic heterocycles. The topological polar surface area (TPSA) is 55.3 Å². The Morgan fingerprint density at radius 3 is 2.41 bits per heavy atom. The van der Waals surface area contributed by atoms with E-state index < -0.39 is 6.10 Å². The zero-order valence-electron chi connectivity index (χ0n) is 16.3. The van der Waals surface area contributed by atoms with Crippen molar-refractivity contribution in [1.82, 2.24) is 9.97 Å². The number of pyridine rings is 2. The highest BCUT2D eigenvalue weighted by atomic mass is 16.5. The van der Waals surface area contributed by atoms with Gasteiger partial charge in [0.2, 0.25) is 0 Å². The molecular weight excluding hydrogens is 362 g/mol. The zero-order chi connectivity index (χ0) is 20.2. The minimum atomic E-state index is -0.664. The van der Waals surface area contributed by atoms with Gasteiger partial charge in [-0.3, -0.25) is 9.78 Å². The normalized spacial score (nSPS) is 11.8. The molecule has 0 saturated heterocycles. The zero-order valence-corrected chi connectivity index (χ0v) is 16.3. The summed E-state index contributed by atoms with van der Waals surface area (Å²) in [5.74, 6) is 0.482. The SMILES string of the molecule is CC(Oc1cc(-c2ccccn2)nc2ccccc12)C(=O)N(C)c1ccccc1. The average molecular weight is 383 g/mol. The Bertz CT molecular complexity index is 1130. The number of anilines is 1. The third-order valence-electron chi connectivity index (χ3n) is 4.73. The minimum absolute atomic E-state index is 0.128. The first-order chi connectivity index (χ1) is 14.1. The summed E-state index contributed by atoms with van der Waals surface area (Å²) in [6.07, 6.45) is 1.07. The molecule has 1 atom stereocenters. The number of hydrogen-bond acceptors (Lipinski definition) is 4. The van der Waals surface area contributed by atoms with E-state index in [0.717, 1.165) is 22.3 Å². The van der Waals surface area contributed by atoms with Crippen molar-refractivity contribution in [3.05, 3.63) is 85.1 Å². The van der Waals surface area contributed by atoms with Crippen molar-refractivity contribution in [3.8, 4) is 17.1 Å². The van der Waals surface area contributed by atoms with Crippen molar-refractivity contribution in [1.29, 1.82) is 0 Å². The van der Waals surface area contributed by atoms with Gasteiger partial charge in [-0.1, -0.05) is 36.4 Å². The Morgan fingerprint density at radius 1 is 0.931 bits per heavy atom. The number of fused-ring (bicyclic) bond motifs is 1. The molecule has 0 bridgehead atoms. The van der Waals surface area contributed by atoms with Gasteiger partial charge in [0, 0.05) is 30.4 Å². The van der Waals surface area contributed by atoms with E-state index in [-0.39, 0.29) is 5.91 Å². The van der Waals surface area contributed by atoms with E-state index in [9.17, 15) is 4.79 Å². The van der Waals surface area contributed by atoms with Gasteiger partial charge in [-0.05, 0) is 43.3 Å². The lowest BCUT2D eigenvalue weighted by atomic mass is 10.1. The Balaban J connectivity index is 1.67. The first kappa shape index (κ1) is 18.6. The van der Waals surface area contributed by atoms with Gasteiger partial charge in [0.1, 0.15) is 5.75 Å². The molecule has 2 aromatic carbocycles. The molecule has 29 heavy (non-hydrogen) atoms. The molecule has 2 heterocycles. The summed E-state index contributed by atoms with van der Waals surface area (Å²) >= 11 is 0. The van der Waals surface area contributed by atoms with Gasteiger partial charge in [0.25, 0.3) is 5.91 Å². The van der Waals surface area contributed by atoms with Crippen LogP contribution in [0.4, 0.5) is 5.69 Å². The summed E-state index contributed by atoms with van der Waals surface area (Å²) in [5.41, 5.74) is 3.07. The summed E-state index contributed by atoms with van der Waals surface area (Å²) in [4.78, 5) is 23.6. The standard InChI is InChI=1S/C24H21N3O2/c1-17(24(28)27(2)18-10-4-3-5-11-18)29-23-16-22(21-14-8-9-15-25-21)26-20-13-7-6-12-19(20)23/h3-17H,1-2H3. The molecule has 2 aromatic heterocycles. The van der Waals surface area contributed by atoms with Crippen molar-refractivity contribution in [2.24, 2.45) is 0 Å². The van der Waals surface area contributed by atoms with Crippen LogP contribution in [0.2, 0.25) is 0 Å². The molecule has 1 amide bonds. The van der Waals surface area contributed by atoms with Gasteiger partial charge in [0.15, 0.2) is 6.10 Å². The van der Waals surface area contributed by atoms with Gasteiger partial charge in [-0.25, -0.2) is 4.98 Å². The van der Waals surface area contributed by atoms with E-state index in [0.29, 0.717) is 11.4 Å². The van der Waals surface area contributed by atoms with Crippen LogP contribution in [-0.2, 0) is 4.79 Å². The number of aromatic nitrogens is 2. The quantitative estimate of drug-likeness (QED) is 0.500. The van der Waals surface area contributed by atoms with Crippen molar-refractivity contribution in [2.45, 2.75) is 13.0 Å². The maximum Gasteiger partial charge on any atom is 0.267 e. The fourth-order valence-electron chi connectivity index (χ4n) is 3.18. The van der Waals surface area contributed by atoms with Gasteiger partial charge in [-0.15, -0.1) is 0 Å². The van der Waals surface area contributed by atoms with Crippen LogP contribution in [0.15, 0.2) is 85.1 Å². The predicted octanol–water partition coefficient (Wildman–Crippen LogP) is 4.73. The first-order valence-electron chi connectivity index (χ1n) is 9.44. The number of nitrogens with zero attached hydrogens (tertiary/aromatic N) is 3. The second-order valence-corrected chi connectivity index (χ2v) is 6.73. The van der Waals surface area contributed by atoms with Crippen molar-refractivity contribution in [2.75, 3.05) is 11.9 Å². The highest BCUT2D eigenvalue weighted by molar-refractivity contribution is 5.96. The van der Waals surface area contributed by atoms with Crippen LogP contribution in [0.3, 0.4) is 0 Å². The van der Waals surface area contributed by atoms with E-state index in [1.807, 2.05) is 78.9 Å². The number of para-hydroxylation sites is 2. The summed E-state index contributed by atoms with van der Waals surface area (Å²) in [6, 6.07) is 24.8. The number of carbonyl (C=O) groups is 1. The Kier molecular flexibility index (Phi) is 5.20. The van der Waals surface area contributed by atoms with E-state index in [2.05, 4.69) is 4.98 Å². The molecule has 1 unspecified atom stereocenters. The summed E-state index contributed by atoms with van der Waals surface area (Å²) < 4.78 is 6.14. The fourth-order valence-corrected chi connectivity index (χ4v) is 3.18. The average Bonchev–Trinajstić information content (AvgIpc) is 2.79. The molecule has 0 fully saturated rings. The second-order valence-electron chi connectivity index (χ2n) is 6.73. The number of benzene rings is 2. The lowest BCUT2D eigenvalue weighted by Gasteiger charge is -2.23. The number of ether oxygens (including phenoxy) is 1. The molecule has 4 rings (SSSR count). The Hall–Kier alpha value is -3.73. The third-order valence-corrected chi connectivity index (χ3v) is 4.73. The molecule has 0 N–H and O–H groups in total. The molecule has 0 aliphatic carbocycles. The lowest BCUT2D eigenvalue weighted by molar-refractivity contribution is -0.124. The van der Waals surface area contributed by atoms with Crippen LogP contribution in [0.5, 0.6) is 5.75 Å². The van der Waals surface area contributed by atoms with Gasteiger partial charge in [0.05, 0.1) is 16.9 Å². The predicted molar refractivity (Wildman–Crippen MR) is 115 cm³/mol. The first-order valence-corrected chi connectivity index (χ1v) is 9.44. The molecule has 0 spiro atoms. The smallest absolute Gasteiger partial charge is 0.267 e. The largest absolute Gasteiger partial charge is 0.480 e. The van der Waals surface area contributed by atoms with Gasteiger partial charge >= 0.3 is 0 Å². The van der Waals surface area contributed by atoms with Crippen LogP contribution in [-0.4, -0.2) is 29.0 Å². The Morgan fingerprint density at radius 2 is 1.66 bits per heavy atom. The summed E-state index contributed by atoms with van der Waals surface area (Å²) in [7, 11) is 1.75. The summed E-state index contributed by atoms with van der Waals surface area (Å²) in [5, 5.41) is 0.856. The number of rotatable bonds is 5. The monoisotopic (exact) mass is 383 g/mol. The highest BCUT2D eigenvalue weighted by Gasteiger charge is 2.22. The number of hydrogen-bond donors (Lipinski definition) is 0. The van der Waals surface area contributed by atoms with E-state index in [1.165, 1.54) is 0 Å². The van der Waals surface area contributed by atoms with Crippen LogP contribution >= 0.6 is 0 Å². The molecule has 4 aromatic rings. The highest BCUT2D eigenvalue weighted by Crippen LogP contribution is 2.30. The van der Waals surface area contributed by atoms with Crippen LogP contribution in [0.25, 0.3) is 22.3 Å². The minimum Gasteiger partial charge on any atom is -0.480 e. The molecule has 0 aliphatic rings. The summed E-state index contributed by atoms with van der Waals surface area (Å²) in [6.45, 7) is 1.76. The molecule has 0 radical (unpaired) electrons.